The molecule has 228 valence electrons. The highest BCUT2D eigenvalue weighted by atomic mass is 32.2. The van der Waals surface area contributed by atoms with E-state index in [1.54, 1.807) is 11.8 Å². The lowest BCUT2D eigenvalue weighted by atomic mass is 10.0. The molecule has 2 amide bonds. The van der Waals surface area contributed by atoms with E-state index in [4.69, 9.17) is 14.6 Å². The van der Waals surface area contributed by atoms with Gasteiger partial charge in [-0.1, -0.05) is 48.5 Å². The van der Waals surface area contributed by atoms with Crippen LogP contribution in [0.1, 0.15) is 73.7 Å². The molecule has 1 saturated heterocycles. The molecule has 0 unspecified atom stereocenters. The zero-order valence-electron chi connectivity index (χ0n) is 24.2. The summed E-state index contributed by atoms with van der Waals surface area (Å²) in [6.45, 7) is 1.84. The maximum Gasteiger partial charge on any atom is 0.303 e. The Morgan fingerprint density at radius 3 is 2.16 bits per heavy atom. The maximum absolute atomic E-state index is 12.1. The lowest BCUT2D eigenvalue weighted by Gasteiger charge is -2.36. The van der Waals surface area contributed by atoms with Crippen LogP contribution in [-0.2, 0) is 37.0 Å². The number of ether oxygens (including phenoxy) is 2. The summed E-state index contributed by atoms with van der Waals surface area (Å²) in [7, 11) is 0. The monoisotopic (exact) mass is 606 g/mol. The first-order chi connectivity index (χ1) is 20.8. The molecule has 0 aliphatic carbocycles. The highest BCUT2D eigenvalue weighted by molar-refractivity contribution is 7.99. The number of carboxylic acids is 1. The van der Waals surface area contributed by atoms with Crippen molar-refractivity contribution in [2.75, 3.05) is 11.1 Å². The average molecular weight is 607 g/mol. The van der Waals surface area contributed by atoms with Crippen LogP contribution in [0.3, 0.4) is 0 Å². The van der Waals surface area contributed by atoms with Crippen LogP contribution in [0.2, 0.25) is 0 Å². The average Bonchev–Trinajstić information content (AvgIpc) is 3.01. The highest BCUT2D eigenvalue weighted by Crippen LogP contribution is 2.39. The number of carboxylic acid groups (broad SMARTS) is 1. The molecule has 3 atom stereocenters. The van der Waals surface area contributed by atoms with Gasteiger partial charge in [-0.2, -0.15) is 0 Å². The predicted molar refractivity (Wildman–Crippen MR) is 164 cm³/mol. The Labute approximate surface area is 256 Å². The van der Waals surface area contributed by atoms with Crippen molar-refractivity contribution in [3.63, 3.8) is 0 Å². The minimum Gasteiger partial charge on any atom is -0.481 e. The first-order valence-electron chi connectivity index (χ1n) is 14.4. The van der Waals surface area contributed by atoms with Gasteiger partial charge in [-0.05, 0) is 53.8 Å². The number of rotatable bonds is 14. The summed E-state index contributed by atoms with van der Waals surface area (Å²) in [6, 6.07) is 23.3. The van der Waals surface area contributed by atoms with E-state index in [9.17, 15) is 19.5 Å². The summed E-state index contributed by atoms with van der Waals surface area (Å²) in [5, 5.41) is 23.8. The first-order valence-corrected chi connectivity index (χ1v) is 15.4. The molecule has 1 heterocycles. The molecule has 10 heteroatoms. The summed E-state index contributed by atoms with van der Waals surface area (Å²) in [5.41, 5.74) is 4.41. The summed E-state index contributed by atoms with van der Waals surface area (Å²) in [4.78, 5) is 35.1. The Morgan fingerprint density at radius 1 is 0.860 bits per heavy atom. The third kappa shape index (κ3) is 10.5. The Kier molecular flexibility index (Phi) is 12.2. The van der Waals surface area contributed by atoms with E-state index in [2.05, 4.69) is 10.6 Å². The van der Waals surface area contributed by atoms with Crippen LogP contribution < -0.4 is 10.6 Å². The van der Waals surface area contributed by atoms with Crippen molar-refractivity contribution in [1.29, 1.82) is 0 Å². The molecule has 0 aromatic heterocycles. The molecular weight excluding hydrogens is 568 g/mol. The number of unbranched alkanes of at least 4 members (excludes halogenated alkanes) is 1. The Morgan fingerprint density at radius 2 is 1.51 bits per heavy atom. The number of hydrogen-bond donors (Lipinski definition) is 4. The van der Waals surface area contributed by atoms with Crippen molar-refractivity contribution in [1.82, 2.24) is 5.32 Å². The molecule has 0 saturated carbocycles. The van der Waals surface area contributed by atoms with E-state index >= 15 is 0 Å². The molecule has 0 radical (unpaired) electrons. The van der Waals surface area contributed by atoms with E-state index in [1.807, 2.05) is 72.8 Å². The second kappa shape index (κ2) is 16.2. The van der Waals surface area contributed by atoms with Crippen LogP contribution in [0, 0.1) is 0 Å². The molecule has 4 N–H and O–H groups in total. The first kappa shape index (κ1) is 32.2. The minimum atomic E-state index is -0.850. The molecule has 1 fully saturated rings. The number of aliphatic hydroxyl groups is 1. The van der Waals surface area contributed by atoms with Gasteiger partial charge < -0.3 is 30.3 Å². The van der Waals surface area contributed by atoms with Gasteiger partial charge in [0.05, 0.1) is 18.8 Å². The maximum atomic E-state index is 12.1. The Balaban J connectivity index is 1.38. The van der Waals surface area contributed by atoms with Crippen LogP contribution in [0.25, 0.3) is 0 Å². The smallest absolute Gasteiger partial charge is 0.303 e. The van der Waals surface area contributed by atoms with Gasteiger partial charge in [-0.15, -0.1) is 11.8 Å². The van der Waals surface area contributed by atoms with Crippen LogP contribution in [0.15, 0.2) is 77.7 Å². The molecule has 3 aromatic carbocycles. The number of benzene rings is 3. The summed E-state index contributed by atoms with van der Waals surface area (Å²) >= 11 is 1.68. The lowest BCUT2D eigenvalue weighted by Crippen LogP contribution is -2.31. The fraction of sp³-hybridized carbons (Fsp3) is 0.364. The number of carbonyl (C=O) groups is 3. The van der Waals surface area contributed by atoms with Gasteiger partial charge in [0, 0.05) is 54.6 Å². The zero-order valence-corrected chi connectivity index (χ0v) is 25.0. The van der Waals surface area contributed by atoms with Gasteiger partial charge in [0.1, 0.15) is 0 Å². The fourth-order valence-electron chi connectivity index (χ4n) is 4.69. The number of amides is 2. The minimum absolute atomic E-state index is 0.0188. The number of anilines is 1. The molecule has 0 spiro atoms. The second-order valence-corrected chi connectivity index (χ2v) is 11.6. The van der Waals surface area contributed by atoms with E-state index in [0.717, 1.165) is 32.8 Å². The van der Waals surface area contributed by atoms with Crippen molar-refractivity contribution >= 4 is 35.2 Å². The van der Waals surface area contributed by atoms with E-state index in [1.165, 1.54) is 6.92 Å². The standard InChI is InChI=1S/C33H38N2O7S/c1-22(37)35-27-14-16-29(17-15-27)43-21-28-18-30(25-10-8-24(20-36)9-11-25)42-33(41-28)26-12-6-23(7-13-26)19-34-31(38)4-2-3-5-32(39)40/h6-17,28,30,33,36H,2-5,18-21H2,1H3,(H,34,38)(H,35,37)(H,39,40)/t28-,30+,33+/m1/s1. The predicted octanol–water partition coefficient (Wildman–Crippen LogP) is 5.74. The SMILES string of the molecule is CC(=O)Nc1ccc(SC[C@H]2C[C@@H](c3ccc(CO)cc3)O[C@@H](c3ccc(CNC(=O)CCCCC(=O)O)cc3)O2)cc1. The molecule has 4 rings (SSSR count). The van der Waals surface area contributed by atoms with Crippen LogP contribution in [-0.4, -0.2) is 39.9 Å². The molecule has 3 aromatic rings. The fourth-order valence-corrected chi connectivity index (χ4v) is 5.61. The van der Waals surface area contributed by atoms with Crippen molar-refractivity contribution in [3.05, 3.63) is 95.1 Å². The number of thioether (sulfide) groups is 1. The zero-order chi connectivity index (χ0) is 30.6. The van der Waals surface area contributed by atoms with Crippen LogP contribution >= 0.6 is 11.8 Å². The van der Waals surface area contributed by atoms with Gasteiger partial charge in [0.15, 0.2) is 6.29 Å². The molecular formula is C33H38N2O7S. The molecule has 0 bridgehead atoms. The number of nitrogens with one attached hydrogen (secondary N) is 2. The quantitative estimate of drug-likeness (QED) is 0.135. The van der Waals surface area contributed by atoms with E-state index < -0.39 is 12.3 Å². The van der Waals surface area contributed by atoms with Gasteiger partial charge in [-0.3, -0.25) is 14.4 Å². The number of aliphatic hydroxyl groups excluding tert-OH is 1. The van der Waals surface area contributed by atoms with Crippen molar-refractivity contribution < 1.29 is 34.1 Å². The summed E-state index contributed by atoms with van der Waals surface area (Å²) in [5.74, 6) is -0.352. The Bertz CT molecular complexity index is 1350. The van der Waals surface area contributed by atoms with Crippen molar-refractivity contribution in [2.24, 2.45) is 0 Å². The highest BCUT2D eigenvalue weighted by Gasteiger charge is 2.32. The number of hydrogen-bond acceptors (Lipinski definition) is 7. The van der Waals surface area contributed by atoms with Crippen molar-refractivity contribution in [2.45, 2.75) is 75.6 Å². The third-order valence-corrected chi connectivity index (χ3v) is 8.16. The lowest BCUT2D eigenvalue weighted by molar-refractivity contribution is -0.245. The van der Waals surface area contributed by atoms with E-state index in [0.29, 0.717) is 38.0 Å². The van der Waals surface area contributed by atoms with Gasteiger partial charge in [0.2, 0.25) is 11.8 Å². The number of carbonyl (C=O) groups excluding carboxylic acids is 2. The normalized spacial score (nSPS) is 18.1. The largest absolute Gasteiger partial charge is 0.481 e. The topological polar surface area (TPSA) is 134 Å². The van der Waals surface area contributed by atoms with Gasteiger partial charge in [-0.25, -0.2) is 0 Å². The molecule has 43 heavy (non-hydrogen) atoms. The van der Waals surface area contributed by atoms with Crippen molar-refractivity contribution in [3.8, 4) is 0 Å². The van der Waals surface area contributed by atoms with Crippen LogP contribution in [0.5, 0.6) is 0 Å². The number of aliphatic carboxylic acids is 1. The second-order valence-electron chi connectivity index (χ2n) is 10.5. The summed E-state index contributed by atoms with van der Waals surface area (Å²) < 4.78 is 12.9. The van der Waals surface area contributed by atoms with Gasteiger partial charge >= 0.3 is 5.97 Å². The molecule has 9 nitrogen and oxygen atoms in total. The third-order valence-electron chi connectivity index (χ3n) is 7.01. The molecule has 1 aliphatic rings. The van der Waals surface area contributed by atoms with E-state index in [-0.39, 0.29) is 37.0 Å². The Hall–Kier alpha value is -3.70. The summed E-state index contributed by atoms with van der Waals surface area (Å²) in [6.07, 6.45) is 1.19. The molecule has 1 aliphatic heterocycles. The van der Waals surface area contributed by atoms with Crippen LogP contribution in [0.4, 0.5) is 5.69 Å². The van der Waals surface area contributed by atoms with Gasteiger partial charge in [0.25, 0.3) is 0 Å².